The first-order valence-electron chi connectivity index (χ1n) is 13.0. The molecule has 5 rings (SSSR count). The Kier molecular flexibility index (Phi) is 7.56. The number of hydrogen-bond acceptors (Lipinski definition) is 7. The van der Waals surface area contributed by atoms with Crippen molar-refractivity contribution in [2.75, 3.05) is 27.3 Å². The zero-order chi connectivity index (χ0) is 27.5. The van der Waals surface area contributed by atoms with Crippen LogP contribution < -0.4 is 14.8 Å². The molecule has 0 saturated carbocycles. The second-order valence-electron chi connectivity index (χ2n) is 9.65. The maximum atomic E-state index is 12.5. The number of nitro benzene ring substituents is 1. The van der Waals surface area contributed by atoms with Crippen LogP contribution in [0, 0.1) is 10.1 Å². The van der Waals surface area contributed by atoms with Crippen molar-refractivity contribution in [3.8, 4) is 11.5 Å². The van der Waals surface area contributed by atoms with E-state index in [0.29, 0.717) is 12.3 Å². The molecule has 1 N–H and O–H groups in total. The van der Waals surface area contributed by atoms with Gasteiger partial charge in [-0.3, -0.25) is 15.0 Å². The number of fused-ring (bicyclic) bond motifs is 3. The second-order valence-corrected chi connectivity index (χ2v) is 9.65. The highest BCUT2D eigenvalue weighted by molar-refractivity contribution is 6.08. The van der Waals surface area contributed by atoms with Crippen molar-refractivity contribution < 1.29 is 23.9 Å². The lowest BCUT2D eigenvalue weighted by Gasteiger charge is -2.17. The fourth-order valence-corrected chi connectivity index (χ4v) is 5.44. The average Bonchev–Trinajstić information content (AvgIpc) is 3.52. The van der Waals surface area contributed by atoms with Crippen molar-refractivity contribution in [1.29, 1.82) is 0 Å². The number of carbonyl (C=O) groups excluding carboxylic acids is 1. The van der Waals surface area contributed by atoms with E-state index in [4.69, 9.17) is 14.2 Å². The van der Waals surface area contributed by atoms with E-state index in [1.807, 2.05) is 0 Å². The molecule has 0 radical (unpaired) electrons. The van der Waals surface area contributed by atoms with E-state index in [-0.39, 0.29) is 29.6 Å². The van der Waals surface area contributed by atoms with E-state index in [9.17, 15) is 14.9 Å². The van der Waals surface area contributed by atoms with Gasteiger partial charge in [0.1, 0.15) is 6.61 Å². The molecule has 10 nitrogen and oxygen atoms in total. The molecule has 1 aromatic heterocycles. The summed E-state index contributed by atoms with van der Waals surface area (Å²) in [7, 11) is 2.84. The highest BCUT2D eigenvalue weighted by Crippen LogP contribution is 2.35. The van der Waals surface area contributed by atoms with E-state index >= 15 is 0 Å². The van der Waals surface area contributed by atoms with Gasteiger partial charge in [0.2, 0.25) is 0 Å². The van der Waals surface area contributed by atoms with Crippen molar-refractivity contribution in [1.82, 2.24) is 14.8 Å². The predicted octanol–water partition coefficient (Wildman–Crippen LogP) is 5.24. The van der Waals surface area contributed by atoms with Crippen molar-refractivity contribution in [2.24, 2.45) is 0 Å². The lowest BCUT2D eigenvalue weighted by atomic mass is 10.1. The fourth-order valence-electron chi connectivity index (χ4n) is 5.44. The number of alkyl carbamates (subject to hydrolysis) is 1. The largest absolute Gasteiger partial charge is 0.493 e. The van der Waals surface area contributed by atoms with Gasteiger partial charge in [0.05, 0.1) is 30.8 Å². The topological polar surface area (TPSA) is 108 Å². The highest BCUT2D eigenvalue weighted by atomic mass is 16.6. The van der Waals surface area contributed by atoms with E-state index in [1.165, 1.54) is 53.7 Å². The number of methoxy groups -OCH3 is 2. The van der Waals surface area contributed by atoms with Crippen molar-refractivity contribution in [3.05, 3.63) is 75.8 Å². The monoisotopic (exact) mass is 532 g/mol. The molecule has 3 aromatic carbocycles. The number of amides is 1. The summed E-state index contributed by atoms with van der Waals surface area (Å²) in [6.45, 7) is 5.15. The molecule has 39 heavy (non-hydrogen) atoms. The zero-order valence-electron chi connectivity index (χ0n) is 22.3. The van der Waals surface area contributed by atoms with Crippen LogP contribution in [0.15, 0.2) is 54.6 Å². The summed E-state index contributed by atoms with van der Waals surface area (Å²) in [6.07, 6.45) is 0.183. The van der Waals surface area contributed by atoms with Gasteiger partial charge in [-0.1, -0.05) is 24.3 Å². The minimum atomic E-state index is -0.611. The van der Waals surface area contributed by atoms with E-state index in [2.05, 4.69) is 64.2 Å². The quantitative estimate of drug-likeness (QED) is 0.232. The molecule has 204 valence electrons. The van der Waals surface area contributed by atoms with Crippen LogP contribution in [0.25, 0.3) is 21.8 Å². The predicted molar refractivity (Wildman–Crippen MR) is 148 cm³/mol. The molecule has 1 aliphatic rings. The summed E-state index contributed by atoms with van der Waals surface area (Å²) >= 11 is 0. The van der Waals surface area contributed by atoms with Gasteiger partial charge < -0.3 is 24.1 Å². The first-order chi connectivity index (χ1) is 18.9. The third-order valence-corrected chi connectivity index (χ3v) is 7.29. The number of nitrogens with one attached hydrogen (secondary N) is 1. The Morgan fingerprint density at radius 3 is 2.54 bits per heavy atom. The van der Waals surface area contributed by atoms with E-state index in [1.54, 1.807) is 0 Å². The van der Waals surface area contributed by atoms with Gasteiger partial charge >= 0.3 is 6.09 Å². The summed E-state index contributed by atoms with van der Waals surface area (Å²) in [5.74, 6) is 0.560. The van der Waals surface area contributed by atoms with E-state index in [0.717, 1.165) is 26.1 Å². The number of carbonyl (C=O) groups is 1. The van der Waals surface area contributed by atoms with Gasteiger partial charge in [0.25, 0.3) is 5.69 Å². The molecule has 1 unspecified atom stereocenters. The number of para-hydroxylation sites is 1. The maximum Gasteiger partial charge on any atom is 0.407 e. The first kappa shape index (κ1) is 26.3. The zero-order valence-corrected chi connectivity index (χ0v) is 22.3. The molecule has 4 aromatic rings. The Morgan fingerprint density at radius 2 is 1.79 bits per heavy atom. The molecule has 1 aliphatic heterocycles. The maximum absolute atomic E-state index is 12.5. The summed E-state index contributed by atoms with van der Waals surface area (Å²) < 4.78 is 18.0. The SMILES string of the molecule is CCn1c2ccccc2c2cc(CN3CCC(NC(=O)OCc4cc(OC)c(OC)cc4[N+](=O)[O-])C3)ccc21. The normalized spacial score (nSPS) is 15.5. The third kappa shape index (κ3) is 5.33. The molecule has 10 heteroatoms. The summed E-state index contributed by atoms with van der Waals surface area (Å²) in [6, 6.07) is 17.8. The minimum absolute atomic E-state index is 0.0661. The molecule has 2 heterocycles. The molecule has 0 bridgehead atoms. The molecule has 1 saturated heterocycles. The molecule has 1 atom stereocenters. The van der Waals surface area contributed by atoms with E-state index < -0.39 is 11.0 Å². The average molecular weight is 533 g/mol. The number of rotatable bonds is 9. The number of benzene rings is 3. The number of aromatic nitrogens is 1. The fraction of sp³-hybridized carbons (Fsp3) is 0.345. The second kappa shape index (κ2) is 11.2. The first-order valence-corrected chi connectivity index (χ1v) is 13.0. The van der Waals surface area contributed by atoms with Gasteiger partial charge in [-0.15, -0.1) is 0 Å². The van der Waals surface area contributed by atoms with Crippen LogP contribution in [0.1, 0.15) is 24.5 Å². The molecular weight excluding hydrogens is 500 g/mol. The highest BCUT2D eigenvalue weighted by Gasteiger charge is 2.26. The number of aryl methyl sites for hydroxylation is 1. The summed E-state index contributed by atoms with van der Waals surface area (Å²) in [4.78, 5) is 25.8. The van der Waals surface area contributed by atoms with Crippen LogP contribution in [0.3, 0.4) is 0 Å². The van der Waals surface area contributed by atoms with Gasteiger partial charge in [0.15, 0.2) is 11.5 Å². The van der Waals surface area contributed by atoms with Gasteiger partial charge in [-0.25, -0.2) is 4.79 Å². The van der Waals surface area contributed by atoms with Crippen LogP contribution in [0.5, 0.6) is 11.5 Å². The number of nitro groups is 1. The Bertz CT molecular complexity index is 1530. The van der Waals surface area contributed by atoms with Crippen LogP contribution in [0.4, 0.5) is 10.5 Å². The van der Waals surface area contributed by atoms with Crippen LogP contribution in [-0.2, 0) is 24.4 Å². The van der Waals surface area contributed by atoms with Crippen molar-refractivity contribution in [2.45, 2.75) is 39.1 Å². The number of ether oxygens (including phenoxy) is 3. The number of hydrogen-bond donors (Lipinski definition) is 1. The molecule has 0 aliphatic carbocycles. The lowest BCUT2D eigenvalue weighted by molar-refractivity contribution is -0.385. The Morgan fingerprint density at radius 1 is 1.05 bits per heavy atom. The van der Waals surface area contributed by atoms with Crippen LogP contribution >= 0.6 is 0 Å². The Labute approximate surface area is 226 Å². The molecular formula is C29H32N4O6. The molecule has 1 amide bonds. The Balaban J connectivity index is 1.20. The number of likely N-dealkylation sites (tertiary alicyclic amines) is 1. The standard InChI is InChI=1S/C29H32N4O6/c1-4-32-24-8-6-5-7-22(24)23-13-19(9-10-25(23)32)16-31-12-11-21(17-31)30-29(34)39-18-20-14-27(37-2)28(38-3)15-26(20)33(35)36/h5-10,13-15,21H,4,11-12,16-18H2,1-3H3,(H,30,34). The summed E-state index contributed by atoms with van der Waals surface area (Å²) in [5.41, 5.74) is 3.73. The van der Waals surface area contributed by atoms with Crippen molar-refractivity contribution in [3.63, 3.8) is 0 Å². The summed E-state index contributed by atoms with van der Waals surface area (Å²) in [5, 5.41) is 16.9. The smallest absolute Gasteiger partial charge is 0.407 e. The number of nitrogens with zero attached hydrogens (tertiary/aromatic N) is 3. The lowest BCUT2D eigenvalue weighted by Crippen LogP contribution is -2.37. The van der Waals surface area contributed by atoms with Crippen LogP contribution in [0.2, 0.25) is 0 Å². The van der Waals surface area contributed by atoms with Crippen molar-refractivity contribution >= 4 is 33.6 Å². The Hall–Kier alpha value is -4.31. The molecule has 1 fully saturated rings. The third-order valence-electron chi connectivity index (χ3n) is 7.29. The van der Waals surface area contributed by atoms with Gasteiger partial charge in [-0.2, -0.15) is 0 Å². The van der Waals surface area contributed by atoms with Gasteiger partial charge in [-0.05, 0) is 43.2 Å². The van der Waals surface area contributed by atoms with Gasteiger partial charge in [0, 0.05) is 54.0 Å². The van der Waals surface area contributed by atoms with Crippen LogP contribution in [-0.4, -0.2) is 53.8 Å². The minimum Gasteiger partial charge on any atom is -0.493 e. The molecule has 0 spiro atoms.